The van der Waals surface area contributed by atoms with Crippen LogP contribution < -0.4 is 10.6 Å². The van der Waals surface area contributed by atoms with E-state index in [4.69, 9.17) is 23.7 Å². The fourth-order valence-electron chi connectivity index (χ4n) is 3.33. The van der Waals surface area contributed by atoms with Gasteiger partial charge in [0, 0.05) is 34.6 Å². The molecule has 0 radical (unpaired) electrons. The highest BCUT2D eigenvalue weighted by Gasteiger charge is 2.52. The Morgan fingerprint density at radius 2 is 1.31 bits per heavy atom. The Hall–Kier alpha value is -3.75. The van der Waals surface area contributed by atoms with Gasteiger partial charge in [0.1, 0.15) is 18.8 Å². The molecule has 1 heterocycles. The largest absolute Gasteiger partial charge is 0.467 e. The second kappa shape index (κ2) is 14.0. The van der Waals surface area contributed by atoms with Gasteiger partial charge in [0.15, 0.2) is 24.5 Å². The second-order valence-corrected chi connectivity index (χ2v) is 7.67. The normalized spacial score (nSPS) is 23.8. The number of ether oxygens (including phenoxy) is 6. The lowest BCUT2D eigenvalue weighted by atomic mass is 9.97. The summed E-state index contributed by atoms with van der Waals surface area (Å²) >= 11 is 0. The molecule has 1 aliphatic heterocycles. The minimum atomic E-state index is -1.52. The predicted octanol–water partition coefficient (Wildman–Crippen LogP) is -1.75. The zero-order valence-electron chi connectivity index (χ0n) is 20.7. The summed E-state index contributed by atoms with van der Waals surface area (Å²) in [5.74, 6) is -5.58. The van der Waals surface area contributed by atoms with E-state index in [0.29, 0.717) is 0 Å². The van der Waals surface area contributed by atoms with E-state index in [0.717, 1.165) is 41.7 Å². The van der Waals surface area contributed by atoms with Crippen molar-refractivity contribution in [1.82, 2.24) is 10.6 Å². The Bertz CT molecular complexity index is 874. The van der Waals surface area contributed by atoms with E-state index in [-0.39, 0.29) is 0 Å². The van der Waals surface area contributed by atoms with E-state index in [9.17, 15) is 33.6 Å². The minimum Gasteiger partial charge on any atom is -0.467 e. The molecular formula is C21H30N2O13. The Labute approximate surface area is 206 Å². The summed E-state index contributed by atoms with van der Waals surface area (Å²) in [6.45, 7) is 4.92. The summed E-state index contributed by atoms with van der Waals surface area (Å²) in [6, 6.07) is -1.35. The van der Waals surface area contributed by atoms with Crippen molar-refractivity contribution in [2.24, 2.45) is 0 Å². The zero-order valence-corrected chi connectivity index (χ0v) is 20.7. The first kappa shape index (κ1) is 30.3. The van der Waals surface area contributed by atoms with Crippen LogP contribution in [-0.4, -0.2) is 92.1 Å². The first-order valence-corrected chi connectivity index (χ1v) is 10.7. The second-order valence-electron chi connectivity index (χ2n) is 7.67. The maximum atomic E-state index is 12.7. The topological polar surface area (TPSA) is 199 Å². The third-order valence-electron chi connectivity index (χ3n) is 4.55. The molecule has 0 spiro atoms. The van der Waals surface area contributed by atoms with Crippen LogP contribution in [-0.2, 0) is 62.0 Å². The maximum Gasteiger partial charge on any atom is 0.328 e. The summed E-state index contributed by atoms with van der Waals surface area (Å²) in [7, 11) is 1.06. The average molecular weight is 518 g/mol. The summed E-state index contributed by atoms with van der Waals surface area (Å²) in [6.07, 6.45) is -7.79. The first-order valence-electron chi connectivity index (χ1n) is 10.7. The molecule has 0 aromatic rings. The lowest BCUT2D eigenvalue weighted by Gasteiger charge is -2.44. The fourth-order valence-corrected chi connectivity index (χ4v) is 3.33. The van der Waals surface area contributed by atoms with Crippen molar-refractivity contribution in [3.8, 4) is 0 Å². The monoisotopic (exact) mass is 518 g/mol. The highest BCUT2D eigenvalue weighted by molar-refractivity contribution is 5.89. The fraction of sp³-hybridized carbons (Fsp3) is 0.667. The standard InChI is InChI=1S/C21H30N2O13/c1-9(24)22-14(21(30)31-6)7-16(29)23-20-19(35-13(5)28)18(34-12(4)27)17(33-11(3)26)15(36-20)8-32-10(2)25/h14-15,17-20H,7-8H2,1-6H3,(H,22,24)(H,23,29)/t14-,15+,17+,18-,19+,20-/m0/s1. The molecule has 1 fully saturated rings. The van der Waals surface area contributed by atoms with Gasteiger partial charge in [-0.15, -0.1) is 0 Å². The van der Waals surface area contributed by atoms with Gasteiger partial charge in [0.05, 0.1) is 13.5 Å². The predicted molar refractivity (Wildman–Crippen MR) is 114 cm³/mol. The van der Waals surface area contributed by atoms with Crippen LogP contribution in [0, 0.1) is 0 Å². The summed E-state index contributed by atoms with van der Waals surface area (Å²) < 4.78 is 31.0. The molecule has 1 aliphatic rings. The van der Waals surface area contributed by atoms with Gasteiger partial charge in [0.2, 0.25) is 11.8 Å². The van der Waals surface area contributed by atoms with Crippen molar-refractivity contribution in [3.63, 3.8) is 0 Å². The molecule has 0 aliphatic carbocycles. The van der Waals surface area contributed by atoms with Crippen molar-refractivity contribution in [3.05, 3.63) is 0 Å². The number of carbonyl (C=O) groups excluding carboxylic acids is 7. The zero-order chi connectivity index (χ0) is 27.6. The molecule has 202 valence electrons. The Kier molecular flexibility index (Phi) is 11.7. The van der Waals surface area contributed by atoms with Gasteiger partial charge >= 0.3 is 29.8 Å². The van der Waals surface area contributed by atoms with Gasteiger partial charge in [-0.05, 0) is 0 Å². The summed E-state index contributed by atoms with van der Waals surface area (Å²) in [4.78, 5) is 82.8. The highest BCUT2D eigenvalue weighted by atomic mass is 16.7. The lowest BCUT2D eigenvalue weighted by Crippen LogP contribution is -2.66. The van der Waals surface area contributed by atoms with Crippen LogP contribution in [0.5, 0.6) is 0 Å². The smallest absolute Gasteiger partial charge is 0.328 e. The van der Waals surface area contributed by atoms with Crippen molar-refractivity contribution < 1.29 is 62.0 Å². The van der Waals surface area contributed by atoms with Crippen LogP contribution in [0.15, 0.2) is 0 Å². The number of methoxy groups -OCH3 is 1. The molecule has 0 aromatic heterocycles. The van der Waals surface area contributed by atoms with E-state index < -0.39 is 91.4 Å². The number of esters is 5. The van der Waals surface area contributed by atoms with Crippen LogP contribution in [0.25, 0.3) is 0 Å². The van der Waals surface area contributed by atoms with Gasteiger partial charge < -0.3 is 39.1 Å². The first-order chi connectivity index (χ1) is 16.7. The molecular weight excluding hydrogens is 488 g/mol. The number of nitrogens with one attached hydrogen (secondary N) is 2. The Morgan fingerprint density at radius 3 is 1.78 bits per heavy atom. The van der Waals surface area contributed by atoms with Crippen LogP contribution in [0.1, 0.15) is 41.0 Å². The van der Waals surface area contributed by atoms with Crippen molar-refractivity contribution >= 4 is 41.7 Å². The van der Waals surface area contributed by atoms with Crippen molar-refractivity contribution in [2.75, 3.05) is 13.7 Å². The van der Waals surface area contributed by atoms with Crippen LogP contribution in [0.3, 0.4) is 0 Å². The average Bonchev–Trinajstić information content (AvgIpc) is 2.74. The molecule has 15 nitrogen and oxygen atoms in total. The third kappa shape index (κ3) is 9.85. The molecule has 0 aromatic carbocycles. The Morgan fingerprint density at radius 1 is 0.778 bits per heavy atom. The summed E-state index contributed by atoms with van der Waals surface area (Å²) in [5.41, 5.74) is 0. The highest BCUT2D eigenvalue weighted by Crippen LogP contribution is 2.28. The van der Waals surface area contributed by atoms with Gasteiger partial charge in [-0.1, -0.05) is 0 Å². The van der Waals surface area contributed by atoms with Crippen LogP contribution in [0.4, 0.5) is 0 Å². The molecule has 2 amide bonds. The molecule has 1 rings (SSSR count). The molecule has 2 N–H and O–H groups in total. The van der Waals surface area contributed by atoms with Gasteiger partial charge in [-0.25, -0.2) is 4.79 Å². The van der Waals surface area contributed by atoms with E-state index in [1.54, 1.807) is 0 Å². The lowest BCUT2D eigenvalue weighted by molar-refractivity contribution is -0.257. The quantitative estimate of drug-likeness (QED) is 0.244. The van der Waals surface area contributed by atoms with Crippen molar-refractivity contribution in [1.29, 1.82) is 0 Å². The van der Waals surface area contributed by atoms with E-state index in [1.807, 2.05) is 0 Å². The molecule has 36 heavy (non-hydrogen) atoms. The number of rotatable bonds is 10. The minimum absolute atomic E-state index is 0.485. The number of hydrogen-bond donors (Lipinski definition) is 2. The molecule has 15 heteroatoms. The molecule has 1 saturated heterocycles. The number of carbonyl (C=O) groups is 7. The van der Waals surface area contributed by atoms with E-state index in [1.165, 1.54) is 0 Å². The van der Waals surface area contributed by atoms with Gasteiger partial charge in [-0.3, -0.25) is 28.8 Å². The van der Waals surface area contributed by atoms with E-state index in [2.05, 4.69) is 15.4 Å². The molecule has 6 atom stereocenters. The molecule has 0 saturated carbocycles. The molecule has 0 bridgehead atoms. The van der Waals surface area contributed by atoms with E-state index >= 15 is 0 Å². The number of hydrogen-bond acceptors (Lipinski definition) is 13. The van der Waals surface area contributed by atoms with Crippen molar-refractivity contribution in [2.45, 2.75) is 77.7 Å². The third-order valence-corrected chi connectivity index (χ3v) is 4.55. The van der Waals surface area contributed by atoms with Gasteiger partial charge in [-0.2, -0.15) is 0 Å². The molecule has 0 unspecified atom stereocenters. The summed E-state index contributed by atoms with van der Waals surface area (Å²) in [5, 5.41) is 4.64. The number of amides is 2. The van der Waals surface area contributed by atoms with Crippen LogP contribution in [0.2, 0.25) is 0 Å². The van der Waals surface area contributed by atoms with Crippen LogP contribution >= 0.6 is 0 Å². The van der Waals surface area contributed by atoms with Gasteiger partial charge in [0.25, 0.3) is 0 Å². The SMILES string of the molecule is COC(=O)[C@H](CC(=O)N[C@H]1O[C@H](COC(C)=O)[C@@H](OC(C)=O)[C@H](OC(C)=O)[C@H]1OC(C)=O)NC(C)=O. The maximum absolute atomic E-state index is 12.7. The Balaban J connectivity index is 3.33.